The van der Waals surface area contributed by atoms with Gasteiger partial charge < -0.3 is 5.32 Å². The lowest BCUT2D eigenvalue weighted by atomic mass is 10.0. The molecular weight excluding hydrogens is 290 g/mol. The van der Waals surface area contributed by atoms with Gasteiger partial charge in [0.05, 0.1) is 15.9 Å². The normalized spacial score (nSPS) is 17.1. The van der Waals surface area contributed by atoms with Crippen LogP contribution >= 0.6 is 15.9 Å². The van der Waals surface area contributed by atoms with Crippen LogP contribution in [0.3, 0.4) is 0 Å². The molecule has 0 bridgehead atoms. The Morgan fingerprint density at radius 1 is 1.50 bits per heavy atom. The number of nitrogens with one attached hydrogen (secondary N) is 1. The molecule has 0 aromatic carbocycles. The summed E-state index contributed by atoms with van der Waals surface area (Å²) in [7, 11) is 4.15. The first-order valence-corrected chi connectivity index (χ1v) is 7.84. The van der Waals surface area contributed by atoms with Crippen molar-refractivity contribution >= 4 is 15.9 Å². The molecule has 1 unspecified atom stereocenters. The maximum Gasteiger partial charge on any atom is 0.0766 e. The molecule has 18 heavy (non-hydrogen) atoms. The van der Waals surface area contributed by atoms with Crippen LogP contribution in [0.4, 0.5) is 0 Å². The van der Waals surface area contributed by atoms with Gasteiger partial charge in [-0.1, -0.05) is 6.92 Å². The van der Waals surface area contributed by atoms with E-state index in [9.17, 15) is 0 Å². The lowest BCUT2D eigenvalue weighted by Crippen LogP contribution is -2.27. The molecule has 1 aromatic rings. The van der Waals surface area contributed by atoms with E-state index in [0.29, 0.717) is 0 Å². The Labute approximate surface area is 118 Å². The summed E-state index contributed by atoms with van der Waals surface area (Å²) in [6.07, 6.45) is 7.47. The van der Waals surface area contributed by atoms with E-state index in [4.69, 9.17) is 0 Å². The van der Waals surface area contributed by atoms with Crippen molar-refractivity contribution in [3.8, 4) is 0 Å². The minimum atomic E-state index is 0.725. The summed E-state index contributed by atoms with van der Waals surface area (Å²) < 4.78 is 3.26. The summed E-state index contributed by atoms with van der Waals surface area (Å²) in [5.74, 6) is 0.941. The number of rotatable bonds is 7. The van der Waals surface area contributed by atoms with Crippen LogP contribution in [-0.2, 0) is 19.9 Å². The molecule has 102 valence electrons. The second kappa shape index (κ2) is 6.20. The molecule has 0 radical (unpaired) electrons. The van der Waals surface area contributed by atoms with Crippen LogP contribution in [0, 0.1) is 5.92 Å². The van der Waals surface area contributed by atoms with Gasteiger partial charge in [0, 0.05) is 13.1 Å². The summed E-state index contributed by atoms with van der Waals surface area (Å²) in [5.41, 5.74) is 2.53. The molecule has 1 atom stereocenters. The second-order valence-corrected chi connectivity index (χ2v) is 6.10. The summed E-state index contributed by atoms with van der Waals surface area (Å²) in [6.45, 7) is 2.15. The van der Waals surface area contributed by atoms with Gasteiger partial charge in [-0.2, -0.15) is 5.10 Å². The summed E-state index contributed by atoms with van der Waals surface area (Å²) in [6, 6.07) is 0.725. The first-order valence-electron chi connectivity index (χ1n) is 7.04. The van der Waals surface area contributed by atoms with Gasteiger partial charge in [0.25, 0.3) is 0 Å². The van der Waals surface area contributed by atoms with Crippen LogP contribution in [-0.4, -0.2) is 22.9 Å². The summed E-state index contributed by atoms with van der Waals surface area (Å²) in [4.78, 5) is 0. The predicted molar refractivity (Wildman–Crippen MR) is 78.8 cm³/mol. The molecule has 1 fully saturated rings. The highest BCUT2D eigenvalue weighted by atomic mass is 79.9. The molecule has 0 amide bonds. The Morgan fingerprint density at radius 3 is 2.72 bits per heavy atom. The van der Waals surface area contributed by atoms with E-state index in [1.54, 1.807) is 0 Å². The molecule has 1 heterocycles. The number of hydrogen-bond donors (Lipinski definition) is 1. The predicted octanol–water partition coefficient (Wildman–Crippen LogP) is 3.07. The van der Waals surface area contributed by atoms with Gasteiger partial charge >= 0.3 is 0 Å². The summed E-state index contributed by atoms with van der Waals surface area (Å²) >= 11 is 3.69. The Hall–Kier alpha value is -0.350. The lowest BCUT2D eigenvalue weighted by Gasteiger charge is -2.14. The van der Waals surface area contributed by atoms with Crippen molar-refractivity contribution < 1.29 is 0 Å². The number of halogens is 1. The van der Waals surface area contributed by atoms with E-state index >= 15 is 0 Å². The zero-order chi connectivity index (χ0) is 13.1. The van der Waals surface area contributed by atoms with Crippen LogP contribution in [0.15, 0.2) is 4.47 Å². The average Bonchev–Trinajstić information content (AvgIpc) is 3.15. The van der Waals surface area contributed by atoms with Crippen molar-refractivity contribution in [2.24, 2.45) is 13.0 Å². The molecule has 1 N–H and O–H groups in total. The van der Waals surface area contributed by atoms with Crippen molar-refractivity contribution in [3.05, 3.63) is 15.9 Å². The van der Waals surface area contributed by atoms with Gasteiger partial charge in [-0.3, -0.25) is 4.68 Å². The van der Waals surface area contributed by atoms with Crippen LogP contribution in [0.5, 0.6) is 0 Å². The lowest BCUT2D eigenvalue weighted by molar-refractivity contribution is 0.453. The molecular formula is C14H24BrN3. The summed E-state index contributed by atoms with van der Waals surface area (Å²) in [5, 5.41) is 8.01. The molecule has 0 aliphatic heterocycles. The maximum atomic E-state index is 4.55. The van der Waals surface area contributed by atoms with E-state index in [1.807, 2.05) is 4.68 Å². The first-order chi connectivity index (χ1) is 8.67. The van der Waals surface area contributed by atoms with Gasteiger partial charge in [0.2, 0.25) is 0 Å². The molecule has 1 saturated carbocycles. The van der Waals surface area contributed by atoms with E-state index in [2.05, 4.69) is 47.4 Å². The average molecular weight is 314 g/mol. The zero-order valence-corrected chi connectivity index (χ0v) is 13.3. The third-order valence-electron chi connectivity index (χ3n) is 3.99. The second-order valence-electron chi connectivity index (χ2n) is 5.31. The van der Waals surface area contributed by atoms with E-state index < -0.39 is 0 Å². The topological polar surface area (TPSA) is 29.9 Å². The van der Waals surface area contributed by atoms with Gasteiger partial charge in [-0.05, 0) is 67.4 Å². The molecule has 0 spiro atoms. The highest BCUT2D eigenvalue weighted by molar-refractivity contribution is 9.10. The van der Waals surface area contributed by atoms with Crippen molar-refractivity contribution in [1.29, 1.82) is 0 Å². The fraction of sp³-hybridized carbons (Fsp3) is 0.786. The van der Waals surface area contributed by atoms with Crippen LogP contribution in [0.25, 0.3) is 0 Å². The van der Waals surface area contributed by atoms with Gasteiger partial charge in [0.1, 0.15) is 0 Å². The number of aryl methyl sites for hydroxylation is 2. The molecule has 1 aliphatic rings. The molecule has 3 nitrogen and oxygen atoms in total. The molecule has 0 saturated heterocycles. The first kappa shape index (κ1) is 14.1. The highest BCUT2D eigenvalue weighted by Crippen LogP contribution is 2.34. The van der Waals surface area contributed by atoms with Crippen LogP contribution in [0.2, 0.25) is 0 Å². The number of hydrogen-bond acceptors (Lipinski definition) is 2. The Bertz CT molecular complexity index is 396. The van der Waals surface area contributed by atoms with E-state index in [1.165, 1.54) is 41.5 Å². The number of nitrogens with zero attached hydrogens (tertiary/aromatic N) is 2. The van der Waals surface area contributed by atoms with E-state index in [-0.39, 0.29) is 0 Å². The molecule has 1 aliphatic carbocycles. The van der Waals surface area contributed by atoms with Crippen molar-refractivity contribution in [1.82, 2.24) is 15.1 Å². The third kappa shape index (κ3) is 3.15. The molecule has 2 rings (SSSR count). The van der Waals surface area contributed by atoms with Gasteiger partial charge in [-0.15, -0.1) is 0 Å². The fourth-order valence-corrected chi connectivity index (χ4v) is 3.51. The smallest absolute Gasteiger partial charge is 0.0766 e. The van der Waals surface area contributed by atoms with Crippen LogP contribution in [0.1, 0.15) is 44.0 Å². The fourth-order valence-electron chi connectivity index (χ4n) is 2.70. The van der Waals surface area contributed by atoms with E-state index in [0.717, 1.165) is 24.8 Å². The third-order valence-corrected chi connectivity index (χ3v) is 4.91. The van der Waals surface area contributed by atoms with Gasteiger partial charge in [0.15, 0.2) is 0 Å². The standard InChI is InChI=1S/C14H24BrN3/c1-4-11-14(15)13(18(3)17-11)7-5-6-12(16-2)10-8-9-10/h10,12,16H,4-9H2,1-3H3. The monoisotopic (exact) mass is 313 g/mol. The van der Waals surface area contributed by atoms with Crippen LogP contribution < -0.4 is 5.32 Å². The Morgan fingerprint density at radius 2 is 2.22 bits per heavy atom. The van der Waals surface area contributed by atoms with Crippen molar-refractivity contribution in [3.63, 3.8) is 0 Å². The minimum absolute atomic E-state index is 0.725. The van der Waals surface area contributed by atoms with Crippen molar-refractivity contribution in [2.45, 2.75) is 51.5 Å². The van der Waals surface area contributed by atoms with Gasteiger partial charge in [-0.25, -0.2) is 0 Å². The largest absolute Gasteiger partial charge is 0.317 e. The Kier molecular flexibility index (Phi) is 4.84. The molecule has 4 heteroatoms. The molecule has 1 aromatic heterocycles. The van der Waals surface area contributed by atoms with Crippen molar-refractivity contribution in [2.75, 3.05) is 7.05 Å². The Balaban J connectivity index is 1.87. The highest BCUT2D eigenvalue weighted by Gasteiger charge is 2.29. The SMILES string of the molecule is CCc1nn(C)c(CCCC(NC)C2CC2)c1Br. The minimum Gasteiger partial charge on any atom is -0.317 e. The number of aromatic nitrogens is 2. The quantitative estimate of drug-likeness (QED) is 0.838. The zero-order valence-electron chi connectivity index (χ0n) is 11.7. The maximum absolute atomic E-state index is 4.55.